The van der Waals surface area contributed by atoms with E-state index in [-0.39, 0.29) is 24.5 Å². The van der Waals surface area contributed by atoms with Gasteiger partial charge in [0.1, 0.15) is 5.71 Å². The van der Waals surface area contributed by atoms with Crippen molar-refractivity contribution in [2.75, 3.05) is 25.5 Å². The number of carbonyl (C=O) groups excluding carboxylic acids is 1. The lowest BCUT2D eigenvalue weighted by Crippen LogP contribution is -2.58. The number of aromatic nitrogens is 3. The van der Waals surface area contributed by atoms with E-state index in [1.807, 2.05) is 0 Å². The Balaban J connectivity index is 1.85. The predicted molar refractivity (Wildman–Crippen MR) is 119 cm³/mol. The minimum Gasteiger partial charge on any atom is -0.393 e. The van der Waals surface area contributed by atoms with Gasteiger partial charge in [-0.2, -0.15) is 0 Å². The van der Waals surface area contributed by atoms with Crippen LogP contribution >= 0.6 is 11.6 Å². The second kappa shape index (κ2) is 9.99. The van der Waals surface area contributed by atoms with Crippen LogP contribution in [0.3, 0.4) is 0 Å². The van der Waals surface area contributed by atoms with Crippen molar-refractivity contribution in [3.63, 3.8) is 0 Å². The summed E-state index contributed by atoms with van der Waals surface area (Å²) < 4.78 is 28.8. The summed E-state index contributed by atoms with van der Waals surface area (Å²) in [6.07, 6.45) is 5.46. The molecule has 1 aliphatic heterocycles. The molecular formula is C21H24ClF2N7O. The number of hydrogen-bond acceptors (Lipinski definition) is 7. The van der Waals surface area contributed by atoms with Crippen molar-refractivity contribution in [1.29, 1.82) is 5.41 Å². The van der Waals surface area contributed by atoms with Crippen LogP contribution in [0.15, 0.2) is 43.0 Å². The number of nitrogens with one attached hydrogen (secondary N) is 3. The van der Waals surface area contributed by atoms with Crippen LogP contribution in [0.25, 0.3) is 5.57 Å². The summed E-state index contributed by atoms with van der Waals surface area (Å²) in [6.45, 7) is 1.03. The highest BCUT2D eigenvalue weighted by Gasteiger charge is 2.46. The van der Waals surface area contributed by atoms with E-state index in [1.54, 1.807) is 32.2 Å². The zero-order chi connectivity index (χ0) is 23.3. The normalized spacial score (nSPS) is 20.5. The summed E-state index contributed by atoms with van der Waals surface area (Å²) >= 11 is 5.79. The molecule has 32 heavy (non-hydrogen) atoms. The Bertz CT molecular complexity index is 985. The topological polar surface area (TPSA) is 107 Å². The molecule has 3 N–H and O–H groups in total. The van der Waals surface area contributed by atoms with Gasteiger partial charge in [-0.05, 0) is 18.1 Å². The van der Waals surface area contributed by atoms with E-state index < -0.39 is 36.0 Å². The number of halogens is 3. The highest BCUT2D eigenvalue weighted by Crippen LogP contribution is 2.35. The number of piperidine rings is 1. The van der Waals surface area contributed by atoms with E-state index >= 15 is 0 Å². The molecule has 3 rings (SSSR count). The van der Waals surface area contributed by atoms with Gasteiger partial charge in [0.2, 0.25) is 5.95 Å². The SMILES string of the molecule is CN/C=C(\C(=N)C(=O)N1CC(F)(F)CC(C)C1CNc1ncc(Cl)cn1)c1ccccn1. The highest BCUT2D eigenvalue weighted by atomic mass is 35.5. The summed E-state index contributed by atoms with van der Waals surface area (Å²) in [6, 6.07) is 4.48. The molecule has 1 aliphatic rings. The number of pyridine rings is 1. The largest absolute Gasteiger partial charge is 0.393 e. The minimum atomic E-state index is -3.06. The van der Waals surface area contributed by atoms with Gasteiger partial charge in [0, 0.05) is 38.0 Å². The molecule has 2 aromatic rings. The first-order chi connectivity index (χ1) is 15.2. The van der Waals surface area contributed by atoms with Crippen LogP contribution < -0.4 is 10.6 Å². The molecule has 2 aromatic heterocycles. The lowest BCUT2D eigenvalue weighted by Gasteiger charge is -2.43. The van der Waals surface area contributed by atoms with Gasteiger partial charge in [0.25, 0.3) is 11.8 Å². The van der Waals surface area contributed by atoms with Crippen molar-refractivity contribution >= 4 is 34.7 Å². The molecule has 0 saturated carbocycles. The van der Waals surface area contributed by atoms with Crippen molar-refractivity contribution in [1.82, 2.24) is 25.2 Å². The van der Waals surface area contributed by atoms with Gasteiger partial charge >= 0.3 is 0 Å². The fourth-order valence-electron chi connectivity index (χ4n) is 3.68. The fraction of sp³-hybridized carbons (Fsp3) is 0.381. The summed E-state index contributed by atoms with van der Waals surface area (Å²) in [7, 11) is 1.62. The van der Waals surface area contributed by atoms with E-state index in [2.05, 4.69) is 25.6 Å². The summed E-state index contributed by atoms with van der Waals surface area (Å²) in [5, 5.41) is 14.6. The molecule has 0 aliphatic carbocycles. The Hall–Kier alpha value is -3.14. The highest BCUT2D eigenvalue weighted by molar-refractivity contribution is 6.54. The van der Waals surface area contributed by atoms with Crippen LogP contribution in [0, 0.1) is 11.3 Å². The molecule has 2 unspecified atom stereocenters. The molecule has 8 nitrogen and oxygen atoms in total. The van der Waals surface area contributed by atoms with Crippen molar-refractivity contribution in [3.8, 4) is 0 Å². The van der Waals surface area contributed by atoms with Gasteiger partial charge in [-0.25, -0.2) is 18.7 Å². The number of rotatable bonds is 7. The third kappa shape index (κ3) is 5.56. The number of likely N-dealkylation sites (tertiary alicyclic amines) is 1. The third-order valence-corrected chi connectivity index (χ3v) is 5.34. The van der Waals surface area contributed by atoms with Crippen LogP contribution in [0.2, 0.25) is 5.02 Å². The number of hydrogen-bond donors (Lipinski definition) is 3. The molecule has 1 amide bonds. The number of nitrogens with zero attached hydrogens (tertiary/aromatic N) is 4. The number of carbonyl (C=O) groups is 1. The van der Waals surface area contributed by atoms with E-state index in [4.69, 9.17) is 17.0 Å². The molecule has 170 valence electrons. The van der Waals surface area contributed by atoms with Gasteiger partial charge in [-0.15, -0.1) is 0 Å². The molecule has 0 aromatic carbocycles. The van der Waals surface area contributed by atoms with Crippen molar-refractivity contribution in [2.45, 2.75) is 25.3 Å². The maximum Gasteiger partial charge on any atom is 0.273 e. The van der Waals surface area contributed by atoms with Crippen molar-refractivity contribution in [3.05, 3.63) is 53.7 Å². The second-order valence-corrected chi connectivity index (χ2v) is 8.02. The van der Waals surface area contributed by atoms with E-state index in [0.717, 1.165) is 4.90 Å². The Morgan fingerprint density at radius 2 is 2.06 bits per heavy atom. The van der Waals surface area contributed by atoms with Gasteiger partial charge in [-0.3, -0.25) is 15.2 Å². The Labute approximate surface area is 189 Å². The first-order valence-electron chi connectivity index (χ1n) is 10.00. The first kappa shape index (κ1) is 23.5. The minimum absolute atomic E-state index is 0.145. The number of alkyl halides is 2. The Morgan fingerprint density at radius 3 is 2.69 bits per heavy atom. The second-order valence-electron chi connectivity index (χ2n) is 7.58. The first-order valence-corrected chi connectivity index (χ1v) is 10.4. The monoisotopic (exact) mass is 463 g/mol. The van der Waals surface area contributed by atoms with E-state index in [0.29, 0.717) is 10.7 Å². The van der Waals surface area contributed by atoms with Crippen molar-refractivity contribution in [2.24, 2.45) is 5.92 Å². The predicted octanol–water partition coefficient (Wildman–Crippen LogP) is 3.09. The molecule has 0 spiro atoms. The van der Waals surface area contributed by atoms with Crippen LogP contribution in [0.5, 0.6) is 0 Å². The number of amides is 1. The van der Waals surface area contributed by atoms with E-state index in [1.165, 1.54) is 24.8 Å². The van der Waals surface area contributed by atoms with Crippen LogP contribution in [0.4, 0.5) is 14.7 Å². The number of anilines is 1. The molecule has 0 bridgehead atoms. The average Bonchev–Trinajstić information content (AvgIpc) is 2.76. The standard InChI is InChI=1S/C21H24ClF2N7O/c1-13-7-21(23,24)12-31(17(13)11-30-20-28-8-14(22)9-29-20)19(32)18(25)15(10-26-2)16-5-3-4-6-27-16/h3-6,8-10,13,17,25-26H,7,11-12H2,1-2H3,(H,28,29,30)/b15-10-,25-18?. The van der Waals surface area contributed by atoms with Crippen molar-refractivity contribution < 1.29 is 13.6 Å². The van der Waals surface area contributed by atoms with E-state index in [9.17, 15) is 13.6 Å². The molecule has 3 heterocycles. The van der Waals surface area contributed by atoms with Gasteiger partial charge in [-0.1, -0.05) is 24.6 Å². The molecule has 0 radical (unpaired) electrons. The fourth-order valence-corrected chi connectivity index (χ4v) is 3.78. The lowest BCUT2D eigenvalue weighted by molar-refractivity contribution is -0.145. The third-order valence-electron chi connectivity index (χ3n) is 5.14. The van der Waals surface area contributed by atoms with Gasteiger partial charge in [0.15, 0.2) is 0 Å². The maximum absolute atomic E-state index is 14.4. The van der Waals surface area contributed by atoms with Crippen LogP contribution in [-0.4, -0.2) is 63.6 Å². The molecule has 11 heteroatoms. The quantitative estimate of drug-likeness (QED) is 0.545. The van der Waals surface area contributed by atoms with Gasteiger partial charge < -0.3 is 15.5 Å². The molecule has 2 atom stereocenters. The summed E-state index contributed by atoms with van der Waals surface area (Å²) in [5.41, 5.74) is 0.185. The zero-order valence-corrected chi connectivity index (χ0v) is 18.4. The van der Waals surface area contributed by atoms with Gasteiger partial charge in [0.05, 0.1) is 35.7 Å². The zero-order valence-electron chi connectivity index (χ0n) is 17.6. The van der Waals surface area contributed by atoms with Crippen LogP contribution in [0.1, 0.15) is 19.0 Å². The maximum atomic E-state index is 14.4. The summed E-state index contributed by atoms with van der Waals surface area (Å²) in [5.74, 6) is -4.11. The molecule has 1 saturated heterocycles. The average molecular weight is 464 g/mol. The summed E-state index contributed by atoms with van der Waals surface area (Å²) in [4.78, 5) is 26.6. The molecule has 1 fully saturated rings. The molecular weight excluding hydrogens is 440 g/mol. The smallest absolute Gasteiger partial charge is 0.273 e. The van der Waals surface area contributed by atoms with Crippen LogP contribution in [-0.2, 0) is 4.79 Å². The lowest BCUT2D eigenvalue weighted by atomic mass is 9.87. The Kier molecular flexibility index (Phi) is 7.34. The Morgan fingerprint density at radius 1 is 1.34 bits per heavy atom.